The zero-order valence-corrected chi connectivity index (χ0v) is 15.8. The Morgan fingerprint density at radius 1 is 0.679 bits per heavy atom. The summed E-state index contributed by atoms with van der Waals surface area (Å²) in [4.78, 5) is 0. The lowest BCUT2D eigenvalue weighted by Crippen LogP contribution is -2.64. The normalized spacial score (nSPS) is 43.9. The fraction of sp³-hybridized carbons (Fsp3) is 1.00. The molecule has 0 aliphatic carbocycles. The lowest BCUT2D eigenvalue weighted by atomic mass is 9.97. The summed E-state index contributed by atoms with van der Waals surface area (Å²) in [7, 11) is 0. The van der Waals surface area contributed by atoms with Crippen LogP contribution in [-0.2, 0) is 18.9 Å². The third-order valence-electron chi connectivity index (χ3n) is 4.39. The summed E-state index contributed by atoms with van der Waals surface area (Å²) in [6.07, 6.45) is -15.6. The Bertz CT molecular complexity index is 420. The Morgan fingerprint density at radius 2 is 1.25 bits per heavy atom. The highest BCUT2D eigenvalue weighted by molar-refractivity contribution is 4.93. The van der Waals surface area contributed by atoms with Crippen LogP contribution in [0.25, 0.3) is 0 Å². The molecule has 28 heavy (non-hydrogen) atoms. The maximum Gasteiger partial charge on any atom is 0.187 e. The molecule has 0 bridgehead atoms. The van der Waals surface area contributed by atoms with Gasteiger partial charge in [-0.05, 0) is 13.8 Å². The van der Waals surface area contributed by atoms with Crippen LogP contribution in [0.4, 0.5) is 0 Å². The van der Waals surface area contributed by atoms with Gasteiger partial charge in [-0.3, -0.25) is 0 Å². The van der Waals surface area contributed by atoms with E-state index in [9.17, 15) is 35.7 Å². The fourth-order valence-corrected chi connectivity index (χ4v) is 2.77. The van der Waals surface area contributed by atoms with Crippen LogP contribution < -0.4 is 0 Å². The summed E-state index contributed by atoms with van der Waals surface area (Å²) in [5, 5.41) is 76.5. The van der Waals surface area contributed by atoms with E-state index in [-0.39, 0.29) is 0 Å². The van der Waals surface area contributed by atoms with Gasteiger partial charge in [0.25, 0.3) is 0 Å². The minimum Gasteiger partial charge on any atom is -0.394 e. The maximum atomic E-state index is 9.94. The number of rotatable bonds is 6. The molecule has 12 nitrogen and oxygen atoms in total. The highest BCUT2D eigenvalue weighted by Gasteiger charge is 2.50. The predicted molar refractivity (Wildman–Crippen MR) is 90.8 cm³/mol. The third-order valence-corrected chi connectivity index (χ3v) is 4.39. The van der Waals surface area contributed by atoms with Crippen molar-refractivity contribution in [2.75, 3.05) is 26.4 Å². The van der Waals surface area contributed by atoms with Crippen molar-refractivity contribution < 1.29 is 59.8 Å². The van der Waals surface area contributed by atoms with E-state index in [4.69, 9.17) is 24.1 Å². The number of hydrogen-bond donors (Lipinski definition) is 8. The highest BCUT2D eigenvalue weighted by Crippen LogP contribution is 2.28. The molecule has 0 amide bonds. The molecule has 8 N–H and O–H groups in total. The molecule has 0 saturated carbocycles. The molecular formula is C16H32O12. The number of aliphatic hydroxyl groups excluding tert-OH is 8. The second-order valence-electron chi connectivity index (χ2n) is 6.31. The van der Waals surface area contributed by atoms with Crippen molar-refractivity contribution in [3.05, 3.63) is 0 Å². The zero-order valence-electron chi connectivity index (χ0n) is 15.8. The van der Waals surface area contributed by atoms with Gasteiger partial charge in [-0.1, -0.05) is 0 Å². The van der Waals surface area contributed by atoms with Gasteiger partial charge in [0, 0.05) is 13.2 Å². The van der Waals surface area contributed by atoms with Gasteiger partial charge in [-0.2, -0.15) is 0 Å². The van der Waals surface area contributed by atoms with Crippen LogP contribution in [0.15, 0.2) is 0 Å². The summed E-state index contributed by atoms with van der Waals surface area (Å²) in [5.41, 5.74) is 0. The van der Waals surface area contributed by atoms with Crippen molar-refractivity contribution in [2.45, 2.75) is 75.3 Å². The smallest absolute Gasteiger partial charge is 0.187 e. The number of ether oxygens (including phenoxy) is 4. The van der Waals surface area contributed by atoms with E-state index in [2.05, 4.69) is 0 Å². The summed E-state index contributed by atoms with van der Waals surface area (Å²) in [5.74, 6) is 0. The van der Waals surface area contributed by atoms with E-state index in [0.717, 1.165) is 13.2 Å². The minimum absolute atomic E-state index is 0.667. The van der Waals surface area contributed by atoms with Crippen molar-refractivity contribution in [1.29, 1.82) is 0 Å². The Morgan fingerprint density at radius 3 is 1.71 bits per heavy atom. The van der Waals surface area contributed by atoms with Gasteiger partial charge in [0.1, 0.15) is 48.8 Å². The van der Waals surface area contributed by atoms with Crippen LogP contribution in [0.3, 0.4) is 0 Å². The topological polar surface area (TPSA) is 199 Å². The molecular weight excluding hydrogens is 384 g/mol. The first-order chi connectivity index (χ1) is 13.2. The first-order valence-corrected chi connectivity index (χ1v) is 9.07. The summed E-state index contributed by atoms with van der Waals surface area (Å²) in [6.45, 7) is 4.32. The average molecular weight is 416 g/mol. The Balaban J connectivity index is 0.000000696. The van der Waals surface area contributed by atoms with Gasteiger partial charge >= 0.3 is 0 Å². The number of hydrogen-bond acceptors (Lipinski definition) is 12. The average Bonchev–Trinajstić information content (AvgIpc) is 2.69. The molecule has 2 fully saturated rings. The Kier molecular flexibility index (Phi) is 11.2. The highest BCUT2D eigenvalue weighted by atomic mass is 16.7. The molecule has 0 aromatic carbocycles. The third kappa shape index (κ3) is 6.26. The monoisotopic (exact) mass is 416 g/mol. The molecule has 2 heterocycles. The van der Waals surface area contributed by atoms with E-state index >= 15 is 0 Å². The van der Waals surface area contributed by atoms with Gasteiger partial charge in [0.2, 0.25) is 0 Å². The fourth-order valence-electron chi connectivity index (χ4n) is 2.77. The molecule has 0 radical (unpaired) electrons. The molecule has 0 spiro atoms. The molecule has 0 unspecified atom stereocenters. The van der Waals surface area contributed by atoms with Gasteiger partial charge in [-0.15, -0.1) is 0 Å². The molecule has 2 saturated heterocycles. The van der Waals surface area contributed by atoms with Crippen molar-refractivity contribution in [3.63, 3.8) is 0 Å². The van der Waals surface area contributed by atoms with Crippen molar-refractivity contribution in [3.8, 4) is 0 Å². The van der Waals surface area contributed by atoms with E-state index in [1.54, 1.807) is 0 Å². The summed E-state index contributed by atoms with van der Waals surface area (Å²) in [6, 6.07) is 0. The SMILES string of the molecule is CCOCC.OC[C@H]1O[C@@H](O[C@H]2[C@H](O)[C@@H](O)[C@H](O)O[C@@H]2CO)[C@H](O)[C@@H](O)[C@H]1O. The lowest BCUT2D eigenvalue weighted by Gasteiger charge is -2.45. The van der Waals surface area contributed by atoms with Gasteiger partial charge in [0.15, 0.2) is 12.6 Å². The molecule has 12 heteroatoms. The minimum atomic E-state index is -1.74. The largest absolute Gasteiger partial charge is 0.394 e. The first kappa shape index (κ1) is 25.6. The second-order valence-corrected chi connectivity index (χ2v) is 6.31. The van der Waals surface area contributed by atoms with Gasteiger partial charge < -0.3 is 59.8 Å². The van der Waals surface area contributed by atoms with Crippen LogP contribution in [0.1, 0.15) is 13.8 Å². The van der Waals surface area contributed by atoms with Crippen molar-refractivity contribution in [1.82, 2.24) is 0 Å². The standard InChI is InChI=1S/C12H22O11.C4H10O/c13-1-3-5(15)6(16)9(19)12(22-3)23-10-4(2-14)21-11(20)8(18)7(10)17;1-3-5-4-2/h3-20H,1-2H2;3-4H2,1-2H3/t3-,4-,5+,6+,7-,8-,9-,10-,11-,12+;/m1./s1. The van der Waals surface area contributed by atoms with E-state index < -0.39 is 74.6 Å². The maximum absolute atomic E-state index is 9.94. The zero-order chi connectivity index (χ0) is 21.4. The molecule has 168 valence electrons. The molecule has 0 aromatic heterocycles. The molecule has 0 aromatic rings. The Labute approximate surface area is 162 Å². The molecule has 10 atom stereocenters. The molecule has 2 rings (SSSR count). The molecule has 2 aliphatic heterocycles. The number of aliphatic hydroxyl groups is 8. The van der Waals surface area contributed by atoms with Crippen molar-refractivity contribution >= 4 is 0 Å². The second kappa shape index (κ2) is 12.3. The lowest BCUT2D eigenvalue weighted by molar-refractivity contribution is -0.355. The first-order valence-electron chi connectivity index (χ1n) is 9.07. The predicted octanol–water partition coefficient (Wildman–Crippen LogP) is -4.35. The van der Waals surface area contributed by atoms with Crippen molar-refractivity contribution in [2.24, 2.45) is 0 Å². The summed E-state index contributed by atoms with van der Waals surface area (Å²) < 4.78 is 20.1. The quantitative estimate of drug-likeness (QED) is 0.207. The van der Waals surface area contributed by atoms with Crippen LogP contribution >= 0.6 is 0 Å². The van der Waals surface area contributed by atoms with E-state index in [1.165, 1.54) is 0 Å². The van der Waals surface area contributed by atoms with Crippen LogP contribution in [0.5, 0.6) is 0 Å². The van der Waals surface area contributed by atoms with Gasteiger partial charge in [0.05, 0.1) is 13.2 Å². The van der Waals surface area contributed by atoms with E-state index in [0.29, 0.717) is 0 Å². The van der Waals surface area contributed by atoms with Crippen LogP contribution in [0, 0.1) is 0 Å². The van der Waals surface area contributed by atoms with Crippen LogP contribution in [-0.4, -0.2) is 129 Å². The van der Waals surface area contributed by atoms with Crippen LogP contribution in [0.2, 0.25) is 0 Å². The Hall–Kier alpha value is -0.480. The van der Waals surface area contributed by atoms with E-state index in [1.807, 2.05) is 13.8 Å². The summed E-state index contributed by atoms with van der Waals surface area (Å²) >= 11 is 0. The van der Waals surface area contributed by atoms with Gasteiger partial charge in [-0.25, -0.2) is 0 Å². The molecule has 2 aliphatic rings.